The van der Waals surface area contributed by atoms with Gasteiger partial charge in [-0.3, -0.25) is 4.98 Å². The molecule has 0 spiro atoms. The van der Waals surface area contributed by atoms with Crippen LogP contribution in [-0.2, 0) is 5.41 Å². The van der Waals surface area contributed by atoms with E-state index in [0.717, 1.165) is 16.3 Å². The van der Waals surface area contributed by atoms with Crippen molar-refractivity contribution in [1.29, 1.82) is 0 Å². The molecule has 0 unspecified atom stereocenters. The fourth-order valence-electron chi connectivity index (χ4n) is 2.45. The molecule has 0 aliphatic heterocycles. The van der Waals surface area contributed by atoms with Gasteiger partial charge in [-0.1, -0.05) is 38.1 Å². The Morgan fingerprint density at radius 1 is 1.18 bits per heavy atom. The Kier molecular flexibility index (Phi) is 3.20. The molecule has 0 fully saturated rings. The van der Waals surface area contributed by atoms with Gasteiger partial charge in [0.1, 0.15) is 5.69 Å². The third-order valence-corrected chi connectivity index (χ3v) is 3.58. The summed E-state index contributed by atoms with van der Waals surface area (Å²) in [5.74, 6) is -1.30. The molecule has 112 valence electrons. The van der Waals surface area contributed by atoms with Gasteiger partial charge >= 0.3 is 5.97 Å². The molecule has 3 aromatic rings. The summed E-state index contributed by atoms with van der Waals surface area (Å²) in [5.41, 5.74) is 2.47. The summed E-state index contributed by atoms with van der Waals surface area (Å²) in [6.45, 7) is 6.44. The summed E-state index contributed by atoms with van der Waals surface area (Å²) in [4.78, 5) is 15.2. The molecular weight excluding hydrogens is 280 g/mol. The third kappa shape index (κ3) is 2.45. The van der Waals surface area contributed by atoms with Crippen LogP contribution in [0.3, 0.4) is 0 Å². The SMILES string of the molecule is CC(C)(C)c1cncc2cc(-c3cc(C(=O)O)on3)ccc12. The number of aromatic nitrogens is 2. The zero-order valence-corrected chi connectivity index (χ0v) is 12.6. The van der Waals surface area contributed by atoms with Crippen LogP contribution in [0.1, 0.15) is 36.9 Å². The van der Waals surface area contributed by atoms with Crippen molar-refractivity contribution in [2.45, 2.75) is 26.2 Å². The van der Waals surface area contributed by atoms with Crippen LogP contribution in [0.2, 0.25) is 0 Å². The van der Waals surface area contributed by atoms with E-state index in [0.29, 0.717) is 5.69 Å². The van der Waals surface area contributed by atoms with Gasteiger partial charge in [0.15, 0.2) is 0 Å². The number of hydrogen-bond donors (Lipinski definition) is 1. The standard InChI is InChI=1S/C17H16N2O3/c1-17(2,3)13-9-18-8-11-6-10(4-5-12(11)13)14-7-15(16(20)21)22-19-14/h4-9H,1-3H3,(H,20,21). The van der Waals surface area contributed by atoms with Crippen molar-refractivity contribution >= 4 is 16.7 Å². The lowest BCUT2D eigenvalue weighted by Gasteiger charge is -2.20. The first-order valence-corrected chi connectivity index (χ1v) is 6.95. The van der Waals surface area contributed by atoms with Crippen molar-refractivity contribution < 1.29 is 14.4 Å². The maximum atomic E-state index is 10.9. The molecule has 0 aliphatic rings. The molecular formula is C17H16N2O3. The Morgan fingerprint density at radius 3 is 2.59 bits per heavy atom. The predicted octanol–water partition coefficient (Wildman–Crippen LogP) is 3.89. The topological polar surface area (TPSA) is 76.2 Å². The van der Waals surface area contributed by atoms with E-state index in [2.05, 4.69) is 30.9 Å². The van der Waals surface area contributed by atoms with Crippen LogP contribution < -0.4 is 0 Å². The summed E-state index contributed by atoms with van der Waals surface area (Å²) in [5, 5.41) is 14.8. The minimum absolute atomic E-state index is 0.00159. The lowest BCUT2D eigenvalue weighted by atomic mass is 9.85. The minimum atomic E-state index is -1.13. The van der Waals surface area contributed by atoms with Crippen LogP contribution in [0.5, 0.6) is 0 Å². The number of pyridine rings is 1. The summed E-state index contributed by atoms with van der Waals surface area (Å²) in [6.07, 6.45) is 3.69. The van der Waals surface area contributed by atoms with Gasteiger partial charge < -0.3 is 9.63 Å². The molecule has 1 aromatic carbocycles. The van der Waals surface area contributed by atoms with E-state index in [1.54, 1.807) is 6.20 Å². The zero-order valence-electron chi connectivity index (χ0n) is 12.6. The number of fused-ring (bicyclic) bond motifs is 1. The van der Waals surface area contributed by atoms with Gasteiger partial charge in [0.2, 0.25) is 5.76 Å². The predicted molar refractivity (Wildman–Crippen MR) is 82.9 cm³/mol. The smallest absolute Gasteiger partial charge is 0.374 e. The van der Waals surface area contributed by atoms with Crippen LogP contribution in [0.15, 0.2) is 41.2 Å². The van der Waals surface area contributed by atoms with Crippen molar-refractivity contribution in [3.8, 4) is 11.3 Å². The van der Waals surface area contributed by atoms with Crippen LogP contribution >= 0.6 is 0 Å². The van der Waals surface area contributed by atoms with Crippen molar-refractivity contribution in [3.63, 3.8) is 0 Å². The van der Waals surface area contributed by atoms with E-state index in [4.69, 9.17) is 9.63 Å². The highest BCUT2D eigenvalue weighted by atomic mass is 16.5. The molecule has 0 amide bonds. The average molecular weight is 296 g/mol. The van der Waals surface area contributed by atoms with E-state index in [1.165, 1.54) is 11.6 Å². The number of aromatic carboxylic acids is 1. The normalized spacial score (nSPS) is 11.8. The zero-order chi connectivity index (χ0) is 15.9. The number of hydrogen-bond acceptors (Lipinski definition) is 4. The molecule has 0 aliphatic carbocycles. The van der Waals surface area contributed by atoms with Gasteiger partial charge in [-0.15, -0.1) is 0 Å². The fourth-order valence-corrected chi connectivity index (χ4v) is 2.45. The van der Waals surface area contributed by atoms with E-state index < -0.39 is 5.97 Å². The second kappa shape index (κ2) is 4.94. The third-order valence-electron chi connectivity index (χ3n) is 3.58. The maximum absolute atomic E-state index is 10.9. The van der Waals surface area contributed by atoms with Gasteiger partial charge in [-0.05, 0) is 22.4 Å². The highest BCUT2D eigenvalue weighted by Gasteiger charge is 2.18. The second-order valence-electron chi connectivity index (χ2n) is 6.25. The molecule has 0 saturated heterocycles. The van der Waals surface area contributed by atoms with Crippen molar-refractivity contribution in [2.75, 3.05) is 0 Å². The van der Waals surface area contributed by atoms with Crippen LogP contribution in [-0.4, -0.2) is 21.2 Å². The number of rotatable bonds is 2. The van der Waals surface area contributed by atoms with Crippen LogP contribution in [0.25, 0.3) is 22.0 Å². The maximum Gasteiger partial charge on any atom is 0.374 e. The van der Waals surface area contributed by atoms with Crippen molar-refractivity contribution in [2.24, 2.45) is 0 Å². The molecule has 0 bridgehead atoms. The number of carboxylic acid groups (broad SMARTS) is 1. The Balaban J connectivity index is 2.12. The molecule has 22 heavy (non-hydrogen) atoms. The summed E-state index contributed by atoms with van der Waals surface area (Å²) in [7, 11) is 0. The van der Waals surface area contributed by atoms with Gasteiger partial charge in [-0.2, -0.15) is 0 Å². The first kappa shape index (κ1) is 14.3. The summed E-state index contributed by atoms with van der Waals surface area (Å²) in [6, 6.07) is 7.30. The Bertz CT molecular complexity index is 860. The minimum Gasteiger partial charge on any atom is -0.475 e. The monoisotopic (exact) mass is 296 g/mol. The summed E-state index contributed by atoms with van der Waals surface area (Å²) < 4.78 is 4.81. The molecule has 0 saturated carbocycles. The molecule has 2 heterocycles. The van der Waals surface area contributed by atoms with Gasteiger partial charge in [0.25, 0.3) is 0 Å². The van der Waals surface area contributed by atoms with E-state index in [1.807, 2.05) is 24.4 Å². The lowest BCUT2D eigenvalue weighted by Crippen LogP contribution is -2.12. The van der Waals surface area contributed by atoms with E-state index in [-0.39, 0.29) is 11.2 Å². The Labute approximate surface area is 127 Å². The van der Waals surface area contributed by atoms with Crippen molar-refractivity contribution in [1.82, 2.24) is 10.1 Å². The van der Waals surface area contributed by atoms with Crippen molar-refractivity contribution in [3.05, 3.63) is 48.0 Å². The highest BCUT2D eigenvalue weighted by molar-refractivity contribution is 5.90. The van der Waals surface area contributed by atoms with Gasteiger partial charge in [-0.25, -0.2) is 4.79 Å². The number of nitrogens with zero attached hydrogens (tertiary/aromatic N) is 2. The highest BCUT2D eigenvalue weighted by Crippen LogP contribution is 2.31. The number of benzene rings is 1. The fraction of sp³-hybridized carbons (Fsp3) is 0.235. The first-order chi connectivity index (χ1) is 10.4. The van der Waals surface area contributed by atoms with E-state index in [9.17, 15) is 4.79 Å². The first-order valence-electron chi connectivity index (χ1n) is 6.95. The molecule has 5 nitrogen and oxygen atoms in total. The van der Waals surface area contributed by atoms with Gasteiger partial charge in [0, 0.05) is 29.4 Å². The Morgan fingerprint density at radius 2 is 1.95 bits per heavy atom. The Hall–Kier alpha value is -2.69. The quantitative estimate of drug-likeness (QED) is 0.776. The molecule has 0 radical (unpaired) electrons. The molecule has 3 rings (SSSR count). The van der Waals surface area contributed by atoms with Gasteiger partial charge in [0.05, 0.1) is 0 Å². The van der Waals surface area contributed by atoms with Crippen LogP contribution in [0, 0.1) is 0 Å². The average Bonchev–Trinajstić information content (AvgIpc) is 2.95. The molecule has 2 aromatic heterocycles. The lowest BCUT2D eigenvalue weighted by molar-refractivity contribution is 0.0652. The van der Waals surface area contributed by atoms with E-state index >= 15 is 0 Å². The number of carbonyl (C=O) groups is 1. The number of carboxylic acids is 1. The molecule has 5 heteroatoms. The summed E-state index contributed by atoms with van der Waals surface area (Å²) >= 11 is 0. The van der Waals surface area contributed by atoms with Crippen LogP contribution in [0.4, 0.5) is 0 Å². The second-order valence-corrected chi connectivity index (χ2v) is 6.25. The largest absolute Gasteiger partial charge is 0.475 e. The molecule has 1 N–H and O–H groups in total. The molecule has 0 atom stereocenters.